The van der Waals surface area contributed by atoms with Crippen molar-refractivity contribution in [2.24, 2.45) is 0 Å². The predicted octanol–water partition coefficient (Wildman–Crippen LogP) is 1.87. The minimum Gasteiger partial charge on any atom is -0.352 e. The molecule has 2 N–H and O–H groups in total. The van der Waals surface area contributed by atoms with Gasteiger partial charge in [0.1, 0.15) is 0 Å². The van der Waals surface area contributed by atoms with Gasteiger partial charge in [-0.2, -0.15) is 23.5 Å². The lowest BCUT2D eigenvalue weighted by molar-refractivity contribution is -0.122. The van der Waals surface area contributed by atoms with Gasteiger partial charge < -0.3 is 10.6 Å². The number of carbonyl (C=O) groups excluding carboxylic acids is 1. The summed E-state index contributed by atoms with van der Waals surface area (Å²) in [4.78, 5) is 12.0. The Bertz CT molecular complexity index is 270. The van der Waals surface area contributed by atoms with Gasteiger partial charge in [0.2, 0.25) is 5.91 Å². The third-order valence-electron chi connectivity index (χ3n) is 3.61. The molecule has 3 atom stereocenters. The lowest BCUT2D eigenvalue weighted by Gasteiger charge is -2.25. The molecule has 0 radical (unpaired) electrons. The normalized spacial score (nSPS) is 32.4. The first-order valence-electron chi connectivity index (χ1n) is 7.01. The van der Waals surface area contributed by atoms with Crippen molar-refractivity contribution in [2.75, 3.05) is 23.8 Å². The first-order chi connectivity index (χ1) is 8.79. The van der Waals surface area contributed by atoms with Crippen LogP contribution in [-0.2, 0) is 4.79 Å². The minimum absolute atomic E-state index is 0.239. The summed E-state index contributed by atoms with van der Waals surface area (Å²) in [7, 11) is 0. The van der Waals surface area contributed by atoms with E-state index in [0.717, 1.165) is 24.5 Å². The van der Waals surface area contributed by atoms with E-state index in [0.29, 0.717) is 23.8 Å². The molecule has 1 aliphatic carbocycles. The maximum atomic E-state index is 12.0. The molecule has 0 aromatic carbocycles. The van der Waals surface area contributed by atoms with Crippen LogP contribution in [0.2, 0.25) is 0 Å². The van der Waals surface area contributed by atoms with Gasteiger partial charge in [-0.25, -0.2) is 0 Å². The average Bonchev–Trinajstić information content (AvgIpc) is 2.78. The summed E-state index contributed by atoms with van der Waals surface area (Å²) in [6, 6.07) is 0.793. The highest BCUT2D eigenvalue weighted by Gasteiger charge is 2.29. The number of hydrogen-bond acceptors (Lipinski definition) is 4. The zero-order valence-corrected chi connectivity index (χ0v) is 12.7. The number of hydrogen-bond donors (Lipinski definition) is 2. The van der Waals surface area contributed by atoms with E-state index in [1.54, 1.807) is 0 Å². The van der Waals surface area contributed by atoms with Gasteiger partial charge in [0, 0.05) is 41.8 Å². The molecule has 1 aliphatic heterocycles. The smallest absolute Gasteiger partial charge is 0.221 e. The van der Waals surface area contributed by atoms with Crippen LogP contribution >= 0.6 is 23.5 Å². The van der Waals surface area contributed by atoms with Crippen molar-refractivity contribution in [3.63, 3.8) is 0 Å². The van der Waals surface area contributed by atoms with Crippen LogP contribution in [0.4, 0.5) is 0 Å². The number of carbonyl (C=O) groups is 1. The molecule has 1 amide bonds. The summed E-state index contributed by atoms with van der Waals surface area (Å²) in [5.41, 5.74) is 0. The van der Waals surface area contributed by atoms with Gasteiger partial charge in [-0.3, -0.25) is 4.79 Å². The van der Waals surface area contributed by atoms with E-state index in [4.69, 9.17) is 0 Å². The van der Waals surface area contributed by atoms with Gasteiger partial charge in [0.15, 0.2) is 0 Å². The van der Waals surface area contributed by atoms with Gasteiger partial charge in [-0.1, -0.05) is 13.3 Å². The minimum atomic E-state index is 0.239. The third kappa shape index (κ3) is 4.35. The number of amides is 1. The Kier molecular flexibility index (Phi) is 6.18. The molecule has 2 aliphatic rings. The van der Waals surface area contributed by atoms with Crippen LogP contribution in [0, 0.1) is 0 Å². The SMILES string of the molecule is CCSC1CCCC1NC(=O)CC1CSCCN1. The highest BCUT2D eigenvalue weighted by atomic mass is 32.2. The summed E-state index contributed by atoms with van der Waals surface area (Å²) >= 11 is 3.95. The zero-order chi connectivity index (χ0) is 12.8. The zero-order valence-electron chi connectivity index (χ0n) is 11.1. The average molecular weight is 288 g/mol. The van der Waals surface area contributed by atoms with Gasteiger partial charge in [-0.05, 0) is 18.6 Å². The highest BCUT2D eigenvalue weighted by Crippen LogP contribution is 2.29. The summed E-state index contributed by atoms with van der Waals surface area (Å²) < 4.78 is 0. The van der Waals surface area contributed by atoms with E-state index in [-0.39, 0.29) is 5.91 Å². The summed E-state index contributed by atoms with van der Waals surface area (Å²) in [6.07, 6.45) is 4.34. The van der Waals surface area contributed by atoms with E-state index >= 15 is 0 Å². The number of thioether (sulfide) groups is 2. The number of nitrogens with one attached hydrogen (secondary N) is 2. The van der Waals surface area contributed by atoms with Gasteiger partial charge >= 0.3 is 0 Å². The molecule has 0 bridgehead atoms. The van der Waals surface area contributed by atoms with Gasteiger partial charge in [0.25, 0.3) is 0 Å². The first-order valence-corrected chi connectivity index (χ1v) is 9.22. The van der Waals surface area contributed by atoms with Crippen LogP contribution in [0.1, 0.15) is 32.6 Å². The van der Waals surface area contributed by atoms with Gasteiger partial charge in [-0.15, -0.1) is 0 Å². The standard InChI is InChI=1S/C13H24N2OS2/c1-2-18-12-5-3-4-11(12)15-13(16)8-10-9-17-7-6-14-10/h10-12,14H,2-9H2,1H3,(H,15,16). The fourth-order valence-corrected chi connectivity index (χ4v) is 4.89. The molecule has 1 saturated heterocycles. The maximum Gasteiger partial charge on any atom is 0.221 e. The van der Waals surface area contributed by atoms with Crippen molar-refractivity contribution >= 4 is 29.4 Å². The Morgan fingerprint density at radius 3 is 3.11 bits per heavy atom. The van der Waals surface area contributed by atoms with Crippen molar-refractivity contribution in [3.8, 4) is 0 Å². The molecule has 2 rings (SSSR count). The lowest BCUT2D eigenvalue weighted by Crippen LogP contribution is -2.45. The Morgan fingerprint density at radius 1 is 1.50 bits per heavy atom. The van der Waals surface area contributed by atoms with E-state index in [9.17, 15) is 4.79 Å². The molecule has 3 unspecified atom stereocenters. The molecule has 2 fully saturated rings. The summed E-state index contributed by atoms with van der Waals surface area (Å²) in [5.74, 6) is 3.64. The van der Waals surface area contributed by atoms with E-state index in [1.165, 1.54) is 18.6 Å². The Balaban J connectivity index is 1.72. The molecule has 1 heterocycles. The predicted molar refractivity (Wildman–Crippen MR) is 81.4 cm³/mol. The topological polar surface area (TPSA) is 41.1 Å². The van der Waals surface area contributed by atoms with Crippen molar-refractivity contribution in [1.29, 1.82) is 0 Å². The second-order valence-electron chi connectivity index (χ2n) is 5.03. The molecular weight excluding hydrogens is 264 g/mol. The van der Waals surface area contributed by atoms with Crippen molar-refractivity contribution in [3.05, 3.63) is 0 Å². The highest BCUT2D eigenvalue weighted by molar-refractivity contribution is 8.00. The quantitative estimate of drug-likeness (QED) is 0.810. The van der Waals surface area contributed by atoms with Crippen LogP contribution < -0.4 is 10.6 Å². The fraction of sp³-hybridized carbons (Fsp3) is 0.923. The van der Waals surface area contributed by atoms with E-state index in [2.05, 4.69) is 17.6 Å². The Hall–Kier alpha value is 0.130. The largest absolute Gasteiger partial charge is 0.352 e. The molecule has 0 spiro atoms. The van der Waals surface area contributed by atoms with Crippen molar-refractivity contribution in [1.82, 2.24) is 10.6 Å². The molecule has 1 saturated carbocycles. The lowest BCUT2D eigenvalue weighted by atomic mass is 10.2. The molecule has 0 aromatic heterocycles. The van der Waals surface area contributed by atoms with E-state index in [1.807, 2.05) is 23.5 Å². The van der Waals surface area contributed by atoms with E-state index < -0.39 is 0 Å². The van der Waals surface area contributed by atoms with Crippen molar-refractivity contribution in [2.45, 2.75) is 49.9 Å². The molecular formula is C13H24N2OS2. The monoisotopic (exact) mass is 288 g/mol. The van der Waals surface area contributed by atoms with Crippen LogP contribution in [0.3, 0.4) is 0 Å². The molecule has 18 heavy (non-hydrogen) atoms. The second kappa shape index (κ2) is 7.65. The molecule has 104 valence electrons. The Labute approximate surface area is 119 Å². The van der Waals surface area contributed by atoms with Crippen molar-refractivity contribution < 1.29 is 4.79 Å². The summed E-state index contributed by atoms with van der Waals surface area (Å²) in [6.45, 7) is 3.24. The fourth-order valence-electron chi connectivity index (χ4n) is 2.75. The maximum absolute atomic E-state index is 12.0. The van der Waals surface area contributed by atoms with Crippen LogP contribution in [0.25, 0.3) is 0 Å². The molecule has 0 aromatic rings. The second-order valence-corrected chi connectivity index (χ2v) is 7.69. The van der Waals surface area contributed by atoms with Crippen LogP contribution in [0.15, 0.2) is 0 Å². The molecule has 5 heteroatoms. The summed E-state index contributed by atoms with van der Waals surface area (Å²) in [5, 5.41) is 7.32. The Morgan fingerprint density at radius 2 is 2.39 bits per heavy atom. The first kappa shape index (κ1) is 14.5. The van der Waals surface area contributed by atoms with Gasteiger partial charge in [0.05, 0.1) is 0 Å². The molecule has 3 nitrogen and oxygen atoms in total. The van der Waals surface area contributed by atoms with Crippen LogP contribution in [-0.4, -0.2) is 47.0 Å². The third-order valence-corrected chi connectivity index (χ3v) is 6.07. The van der Waals surface area contributed by atoms with Crippen LogP contribution in [0.5, 0.6) is 0 Å². The number of rotatable bonds is 5.